The van der Waals surface area contributed by atoms with Gasteiger partial charge in [-0.05, 0) is 23.1 Å². The molecule has 1 aromatic carbocycles. The minimum atomic E-state index is -0.708. The van der Waals surface area contributed by atoms with E-state index in [0.29, 0.717) is 5.02 Å². The Balaban J connectivity index is 0.00000128. The minimum Gasteiger partial charge on any atom is -0.481 e. The topological polar surface area (TPSA) is 37.3 Å². The number of carbonyl (C=O) groups is 1. The molecule has 4 heteroatoms. The molecule has 0 aliphatic heterocycles. The van der Waals surface area contributed by atoms with Crippen molar-refractivity contribution in [3.05, 3.63) is 34.9 Å². The van der Waals surface area contributed by atoms with Crippen LogP contribution in [0.25, 0.3) is 0 Å². The van der Waals surface area contributed by atoms with Crippen molar-refractivity contribution in [1.82, 2.24) is 0 Å². The van der Waals surface area contributed by atoms with Crippen LogP contribution in [0.15, 0.2) is 24.3 Å². The molecule has 0 radical (unpaired) electrons. The van der Waals surface area contributed by atoms with Crippen LogP contribution in [0.4, 0.5) is 0 Å². The molecule has 0 bridgehead atoms. The first kappa shape index (κ1) is 13.3. The zero-order valence-corrected chi connectivity index (χ0v) is 10.7. The summed E-state index contributed by atoms with van der Waals surface area (Å²) >= 11 is 5.79. The average molecular weight is 261 g/mol. The van der Waals surface area contributed by atoms with E-state index in [4.69, 9.17) is 16.7 Å². The van der Waals surface area contributed by atoms with Gasteiger partial charge in [0.1, 0.15) is 0 Å². The molecule has 2 atom stereocenters. The lowest BCUT2D eigenvalue weighted by atomic mass is 10.0. The molecule has 0 aromatic heterocycles. The van der Waals surface area contributed by atoms with Crippen molar-refractivity contribution in [3.63, 3.8) is 0 Å². The van der Waals surface area contributed by atoms with Gasteiger partial charge in [0, 0.05) is 10.9 Å². The normalized spacial score (nSPS) is 25.7. The highest BCUT2D eigenvalue weighted by Crippen LogP contribution is 2.64. The molecule has 1 aromatic rings. The first-order valence-corrected chi connectivity index (χ1v) is 5.30. The Morgan fingerprint density at radius 2 is 1.81 bits per heavy atom. The standard InChI is InChI=1S/C12H13ClO2.ClH/c1-12(2)9(10(12)11(14)15)7-3-5-8(13)6-4-7;/h3-6,9-10H,1-2H3,(H,14,15);1H/t9-,10+;/m0./s1. The second-order valence-electron chi connectivity index (χ2n) is 4.67. The van der Waals surface area contributed by atoms with Crippen molar-refractivity contribution < 1.29 is 9.90 Å². The predicted molar refractivity (Wildman–Crippen MR) is 66.3 cm³/mol. The smallest absolute Gasteiger partial charge is 0.307 e. The van der Waals surface area contributed by atoms with Gasteiger partial charge in [-0.25, -0.2) is 0 Å². The van der Waals surface area contributed by atoms with E-state index in [1.54, 1.807) is 0 Å². The van der Waals surface area contributed by atoms with Crippen LogP contribution in [-0.4, -0.2) is 11.1 Å². The maximum atomic E-state index is 11.0. The highest BCUT2D eigenvalue weighted by atomic mass is 35.5. The molecule has 0 heterocycles. The molecule has 0 amide bonds. The Kier molecular flexibility index (Phi) is 3.56. The zero-order valence-electron chi connectivity index (χ0n) is 9.11. The van der Waals surface area contributed by atoms with Crippen LogP contribution in [-0.2, 0) is 4.79 Å². The second-order valence-corrected chi connectivity index (χ2v) is 5.10. The molecular formula is C12H14Cl2O2. The Bertz CT molecular complexity index is 398. The fourth-order valence-electron chi connectivity index (χ4n) is 2.39. The van der Waals surface area contributed by atoms with E-state index in [0.717, 1.165) is 5.56 Å². The van der Waals surface area contributed by atoms with Crippen LogP contribution < -0.4 is 0 Å². The van der Waals surface area contributed by atoms with Crippen molar-refractivity contribution in [3.8, 4) is 0 Å². The van der Waals surface area contributed by atoms with E-state index in [-0.39, 0.29) is 29.7 Å². The summed E-state index contributed by atoms with van der Waals surface area (Å²) in [6.45, 7) is 3.98. The Labute approximate surface area is 106 Å². The van der Waals surface area contributed by atoms with Gasteiger partial charge < -0.3 is 5.11 Å². The molecule has 1 fully saturated rings. The number of carboxylic acid groups (broad SMARTS) is 1. The van der Waals surface area contributed by atoms with E-state index in [1.807, 2.05) is 38.1 Å². The number of hydrogen-bond acceptors (Lipinski definition) is 1. The zero-order chi connectivity index (χ0) is 11.2. The Morgan fingerprint density at radius 1 is 1.31 bits per heavy atom. The van der Waals surface area contributed by atoms with Gasteiger partial charge in [-0.2, -0.15) is 0 Å². The molecule has 0 unspecified atom stereocenters. The predicted octanol–water partition coefficient (Wildman–Crippen LogP) is 3.59. The van der Waals surface area contributed by atoms with Crippen LogP contribution in [0, 0.1) is 11.3 Å². The number of halogens is 2. The van der Waals surface area contributed by atoms with Gasteiger partial charge in [-0.15, -0.1) is 12.4 Å². The van der Waals surface area contributed by atoms with Crippen molar-refractivity contribution in [1.29, 1.82) is 0 Å². The monoisotopic (exact) mass is 260 g/mol. The molecule has 0 saturated heterocycles. The van der Waals surface area contributed by atoms with Gasteiger partial charge in [-0.1, -0.05) is 37.6 Å². The first-order valence-electron chi connectivity index (χ1n) is 4.93. The van der Waals surface area contributed by atoms with Crippen molar-refractivity contribution in [2.45, 2.75) is 19.8 Å². The number of benzene rings is 1. The maximum Gasteiger partial charge on any atom is 0.307 e. The number of hydrogen-bond donors (Lipinski definition) is 1. The number of carboxylic acids is 1. The molecule has 0 spiro atoms. The lowest BCUT2D eigenvalue weighted by Crippen LogP contribution is -2.03. The Morgan fingerprint density at radius 3 is 2.19 bits per heavy atom. The van der Waals surface area contributed by atoms with E-state index in [2.05, 4.69) is 0 Å². The minimum absolute atomic E-state index is 0. The maximum absolute atomic E-state index is 11.0. The van der Waals surface area contributed by atoms with Crippen LogP contribution in [0.5, 0.6) is 0 Å². The molecule has 2 rings (SSSR count). The molecule has 2 nitrogen and oxygen atoms in total. The van der Waals surface area contributed by atoms with Gasteiger partial charge in [0.15, 0.2) is 0 Å². The fourth-order valence-corrected chi connectivity index (χ4v) is 2.52. The lowest BCUT2D eigenvalue weighted by Gasteiger charge is -2.02. The Hall–Kier alpha value is -0.730. The van der Waals surface area contributed by atoms with Gasteiger partial charge >= 0.3 is 5.97 Å². The van der Waals surface area contributed by atoms with Crippen molar-refractivity contribution >= 4 is 30.0 Å². The van der Waals surface area contributed by atoms with Gasteiger partial charge in [-0.3, -0.25) is 4.79 Å². The largest absolute Gasteiger partial charge is 0.481 e. The molecular weight excluding hydrogens is 247 g/mol. The fraction of sp³-hybridized carbons (Fsp3) is 0.417. The first-order chi connectivity index (χ1) is 6.94. The highest BCUT2D eigenvalue weighted by molar-refractivity contribution is 6.30. The molecule has 1 N–H and O–H groups in total. The number of rotatable bonds is 2. The summed E-state index contributed by atoms with van der Waals surface area (Å²) in [5.41, 5.74) is 0.927. The average Bonchev–Trinajstić information content (AvgIpc) is 2.70. The highest BCUT2D eigenvalue weighted by Gasteiger charge is 2.62. The quantitative estimate of drug-likeness (QED) is 0.883. The van der Waals surface area contributed by atoms with Crippen LogP contribution in [0.2, 0.25) is 5.02 Å². The summed E-state index contributed by atoms with van der Waals surface area (Å²) < 4.78 is 0. The summed E-state index contributed by atoms with van der Waals surface area (Å²) in [6, 6.07) is 7.45. The summed E-state index contributed by atoms with van der Waals surface area (Å²) in [5.74, 6) is -0.856. The van der Waals surface area contributed by atoms with Gasteiger partial charge in [0.05, 0.1) is 5.92 Å². The van der Waals surface area contributed by atoms with Crippen LogP contribution in [0.3, 0.4) is 0 Å². The van der Waals surface area contributed by atoms with Crippen molar-refractivity contribution in [2.75, 3.05) is 0 Å². The van der Waals surface area contributed by atoms with Crippen LogP contribution in [0.1, 0.15) is 25.3 Å². The molecule has 1 saturated carbocycles. The second kappa shape index (κ2) is 4.27. The summed E-state index contributed by atoms with van der Waals surface area (Å²) in [7, 11) is 0. The number of aliphatic carboxylic acids is 1. The molecule has 16 heavy (non-hydrogen) atoms. The van der Waals surface area contributed by atoms with Crippen LogP contribution >= 0.6 is 24.0 Å². The van der Waals surface area contributed by atoms with Crippen molar-refractivity contribution in [2.24, 2.45) is 11.3 Å². The van der Waals surface area contributed by atoms with E-state index in [9.17, 15) is 4.79 Å². The van der Waals surface area contributed by atoms with Gasteiger partial charge in [0.25, 0.3) is 0 Å². The van der Waals surface area contributed by atoms with E-state index < -0.39 is 5.97 Å². The van der Waals surface area contributed by atoms with Gasteiger partial charge in [0.2, 0.25) is 0 Å². The third-order valence-corrected chi connectivity index (χ3v) is 3.57. The summed E-state index contributed by atoms with van der Waals surface area (Å²) in [5, 5.41) is 9.73. The molecule has 1 aliphatic carbocycles. The van der Waals surface area contributed by atoms with E-state index >= 15 is 0 Å². The van der Waals surface area contributed by atoms with E-state index in [1.165, 1.54) is 0 Å². The SMILES string of the molecule is CC1(C)[C@@H](C(=O)O)[C@@H]1c1ccc(Cl)cc1.Cl. The summed E-state index contributed by atoms with van der Waals surface area (Å²) in [4.78, 5) is 11.0. The third-order valence-electron chi connectivity index (χ3n) is 3.32. The summed E-state index contributed by atoms with van der Waals surface area (Å²) in [6.07, 6.45) is 0. The molecule has 1 aliphatic rings. The lowest BCUT2D eigenvalue weighted by molar-refractivity contribution is -0.139. The third kappa shape index (κ3) is 2.04. The molecule has 88 valence electrons.